The van der Waals surface area contributed by atoms with Crippen LogP contribution in [0.5, 0.6) is 0 Å². The number of amides is 1. The fourth-order valence-corrected chi connectivity index (χ4v) is 2.50. The second-order valence-corrected chi connectivity index (χ2v) is 5.17. The lowest BCUT2D eigenvalue weighted by atomic mass is 10.0. The Morgan fingerprint density at radius 2 is 2.24 bits per heavy atom. The van der Waals surface area contributed by atoms with E-state index in [0.717, 1.165) is 19.3 Å². The highest BCUT2D eigenvalue weighted by Gasteiger charge is 2.30. The van der Waals surface area contributed by atoms with Gasteiger partial charge in [0, 0.05) is 11.7 Å². The molecule has 92 valence electrons. The number of carbonyl (C=O) groups excluding carboxylic acids is 1. The van der Waals surface area contributed by atoms with Crippen LogP contribution in [0.15, 0.2) is 22.7 Å². The lowest BCUT2D eigenvalue weighted by Gasteiger charge is -2.15. The van der Waals surface area contributed by atoms with E-state index in [9.17, 15) is 9.18 Å². The highest BCUT2D eigenvalue weighted by Crippen LogP contribution is 2.26. The van der Waals surface area contributed by atoms with Gasteiger partial charge in [0.2, 0.25) is 5.91 Å². The minimum atomic E-state index is -0.347. The predicted octanol–water partition coefficient (Wildman–Crippen LogP) is 2.65. The van der Waals surface area contributed by atoms with Crippen molar-refractivity contribution in [2.75, 3.05) is 5.32 Å². The molecule has 1 aromatic rings. The van der Waals surface area contributed by atoms with Gasteiger partial charge in [0.05, 0.1) is 10.4 Å². The Balaban J connectivity index is 2.05. The van der Waals surface area contributed by atoms with Gasteiger partial charge in [-0.3, -0.25) is 4.79 Å². The van der Waals surface area contributed by atoms with Gasteiger partial charge in [0.15, 0.2) is 0 Å². The average molecular weight is 301 g/mol. The maximum absolute atomic E-state index is 13.0. The quantitative estimate of drug-likeness (QED) is 0.882. The first-order valence-corrected chi connectivity index (χ1v) is 6.38. The first kappa shape index (κ1) is 12.5. The monoisotopic (exact) mass is 300 g/mol. The van der Waals surface area contributed by atoms with E-state index < -0.39 is 0 Å². The Morgan fingerprint density at radius 1 is 1.47 bits per heavy atom. The van der Waals surface area contributed by atoms with E-state index in [2.05, 4.69) is 21.2 Å². The van der Waals surface area contributed by atoms with Gasteiger partial charge < -0.3 is 11.1 Å². The molecule has 2 unspecified atom stereocenters. The molecule has 1 aliphatic rings. The molecule has 0 spiro atoms. The van der Waals surface area contributed by atoms with Gasteiger partial charge in [-0.25, -0.2) is 4.39 Å². The van der Waals surface area contributed by atoms with Crippen molar-refractivity contribution in [3.8, 4) is 0 Å². The summed E-state index contributed by atoms with van der Waals surface area (Å²) in [5.41, 5.74) is 6.44. The van der Waals surface area contributed by atoms with Gasteiger partial charge >= 0.3 is 0 Å². The highest BCUT2D eigenvalue weighted by molar-refractivity contribution is 9.10. The van der Waals surface area contributed by atoms with Crippen molar-refractivity contribution in [3.63, 3.8) is 0 Å². The number of anilines is 1. The highest BCUT2D eigenvalue weighted by atomic mass is 79.9. The summed E-state index contributed by atoms with van der Waals surface area (Å²) in [4.78, 5) is 11.9. The van der Waals surface area contributed by atoms with Crippen molar-refractivity contribution in [3.05, 3.63) is 28.5 Å². The maximum atomic E-state index is 13.0. The van der Waals surface area contributed by atoms with Crippen molar-refractivity contribution >= 4 is 27.5 Å². The third-order valence-electron chi connectivity index (χ3n) is 3.09. The molecule has 1 saturated carbocycles. The Bertz CT molecular complexity index is 439. The minimum Gasteiger partial charge on any atom is -0.327 e. The molecule has 1 aromatic carbocycles. The van der Waals surface area contributed by atoms with Crippen LogP contribution in [0.4, 0.5) is 10.1 Å². The van der Waals surface area contributed by atoms with Crippen molar-refractivity contribution in [1.29, 1.82) is 0 Å². The van der Waals surface area contributed by atoms with Crippen molar-refractivity contribution in [1.82, 2.24) is 0 Å². The Kier molecular flexibility index (Phi) is 3.79. The summed E-state index contributed by atoms with van der Waals surface area (Å²) >= 11 is 3.08. The average Bonchev–Trinajstić information content (AvgIpc) is 2.70. The summed E-state index contributed by atoms with van der Waals surface area (Å²) in [6, 6.07) is 4.35. The summed E-state index contributed by atoms with van der Waals surface area (Å²) in [5, 5.41) is 2.77. The van der Waals surface area contributed by atoms with Crippen LogP contribution in [0.2, 0.25) is 0 Å². The largest absolute Gasteiger partial charge is 0.327 e. The molecule has 2 rings (SSSR count). The third-order valence-corrected chi connectivity index (χ3v) is 3.70. The van der Waals surface area contributed by atoms with Gasteiger partial charge in [-0.2, -0.15) is 0 Å². The van der Waals surface area contributed by atoms with Crippen LogP contribution in [-0.4, -0.2) is 11.9 Å². The van der Waals surface area contributed by atoms with Gasteiger partial charge in [-0.1, -0.05) is 6.42 Å². The molecule has 0 radical (unpaired) electrons. The molecule has 0 saturated heterocycles. The number of nitrogens with two attached hydrogens (primary N) is 1. The third kappa shape index (κ3) is 2.84. The van der Waals surface area contributed by atoms with Crippen LogP contribution in [0.25, 0.3) is 0 Å². The van der Waals surface area contributed by atoms with Crippen molar-refractivity contribution in [2.45, 2.75) is 25.3 Å². The number of nitrogens with one attached hydrogen (secondary N) is 1. The molecule has 3 N–H and O–H groups in total. The van der Waals surface area contributed by atoms with Gasteiger partial charge in [0.1, 0.15) is 5.82 Å². The molecule has 17 heavy (non-hydrogen) atoms. The second-order valence-electron chi connectivity index (χ2n) is 4.32. The van der Waals surface area contributed by atoms with Crippen LogP contribution >= 0.6 is 15.9 Å². The summed E-state index contributed by atoms with van der Waals surface area (Å²) in [6.45, 7) is 0. The lowest BCUT2D eigenvalue weighted by Crippen LogP contribution is -2.34. The number of halogens is 2. The molecule has 0 heterocycles. The number of benzene rings is 1. The first-order valence-electron chi connectivity index (χ1n) is 5.59. The molecule has 3 nitrogen and oxygen atoms in total. The molecule has 5 heteroatoms. The standard InChI is InChI=1S/C12H14BrFN2O/c13-9-6-7(4-5-10(9)14)16-12(17)8-2-1-3-11(8)15/h4-6,8,11H,1-3,15H2,(H,16,17). The van der Waals surface area contributed by atoms with Crippen LogP contribution in [0.1, 0.15) is 19.3 Å². The fourth-order valence-electron chi connectivity index (χ4n) is 2.12. The van der Waals surface area contributed by atoms with Crippen LogP contribution in [0.3, 0.4) is 0 Å². The summed E-state index contributed by atoms with van der Waals surface area (Å²) in [7, 11) is 0. The second kappa shape index (κ2) is 5.14. The van der Waals surface area contributed by atoms with E-state index in [-0.39, 0.29) is 23.7 Å². The van der Waals surface area contributed by atoms with E-state index in [1.54, 1.807) is 12.1 Å². The van der Waals surface area contributed by atoms with E-state index in [0.29, 0.717) is 10.2 Å². The maximum Gasteiger partial charge on any atom is 0.229 e. The number of hydrogen-bond donors (Lipinski definition) is 2. The van der Waals surface area contributed by atoms with E-state index in [1.165, 1.54) is 6.07 Å². The summed E-state index contributed by atoms with van der Waals surface area (Å²) < 4.78 is 13.4. The molecule has 2 atom stereocenters. The van der Waals surface area contributed by atoms with E-state index >= 15 is 0 Å². The zero-order valence-electron chi connectivity index (χ0n) is 9.25. The van der Waals surface area contributed by atoms with Gasteiger partial charge in [0.25, 0.3) is 0 Å². The van der Waals surface area contributed by atoms with E-state index in [1.807, 2.05) is 0 Å². The number of carbonyl (C=O) groups is 1. The molecule has 1 fully saturated rings. The molecular formula is C12H14BrFN2O. The SMILES string of the molecule is NC1CCCC1C(=O)Nc1ccc(F)c(Br)c1. The summed E-state index contributed by atoms with van der Waals surface area (Å²) in [5.74, 6) is -0.548. The van der Waals surface area contributed by atoms with Crippen molar-refractivity contribution < 1.29 is 9.18 Å². The normalized spacial score (nSPS) is 23.7. The Morgan fingerprint density at radius 3 is 2.82 bits per heavy atom. The van der Waals surface area contributed by atoms with Crippen LogP contribution in [0, 0.1) is 11.7 Å². The zero-order valence-corrected chi connectivity index (χ0v) is 10.8. The fraction of sp³-hybridized carbons (Fsp3) is 0.417. The predicted molar refractivity (Wildman–Crippen MR) is 68.0 cm³/mol. The summed E-state index contributed by atoms with van der Waals surface area (Å²) in [6.07, 6.45) is 2.72. The van der Waals surface area contributed by atoms with Gasteiger partial charge in [-0.15, -0.1) is 0 Å². The molecular weight excluding hydrogens is 287 g/mol. The van der Waals surface area contributed by atoms with Crippen LogP contribution in [-0.2, 0) is 4.79 Å². The zero-order chi connectivity index (χ0) is 12.4. The first-order chi connectivity index (χ1) is 8.08. The molecule has 0 aromatic heterocycles. The van der Waals surface area contributed by atoms with Crippen molar-refractivity contribution in [2.24, 2.45) is 11.7 Å². The van der Waals surface area contributed by atoms with E-state index in [4.69, 9.17) is 5.73 Å². The smallest absolute Gasteiger partial charge is 0.229 e. The molecule has 1 amide bonds. The molecule has 0 bridgehead atoms. The van der Waals surface area contributed by atoms with Gasteiger partial charge in [-0.05, 0) is 47.0 Å². The topological polar surface area (TPSA) is 55.1 Å². The number of hydrogen-bond acceptors (Lipinski definition) is 2. The molecule has 1 aliphatic carbocycles. The lowest BCUT2D eigenvalue weighted by molar-refractivity contribution is -0.120. The van der Waals surface area contributed by atoms with Crippen LogP contribution < -0.4 is 11.1 Å². The Hall–Kier alpha value is -0.940. The molecule has 0 aliphatic heterocycles. The minimum absolute atomic E-state index is 0.0566. The Labute approximate surface area is 108 Å². The number of rotatable bonds is 2.